The molecule has 1 N–H and O–H groups in total. The highest BCUT2D eigenvalue weighted by atomic mass is 16.6. The summed E-state index contributed by atoms with van der Waals surface area (Å²) >= 11 is 0. The lowest BCUT2D eigenvalue weighted by atomic mass is 10.2. The van der Waals surface area contributed by atoms with Crippen LogP contribution in [0.5, 0.6) is 0 Å². The maximum Gasteiger partial charge on any atom is 0.414 e. The summed E-state index contributed by atoms with van der Waals surface area (Å²) in [5, 5.41) is 2.19. The standard InChI is InChI=1S/C14H20N2O3/c1-14(2,3)19-13(18)15-12(17)10-6-8-11(9-7-10)16(4)5/h6-9H,1-5H3,(H,15,17,18). The number of alkyl carbamates (subject to hydrolysis) is 1. The molecule has 0 fully saturated rings. The molecule has 1 aromatic carbocycles. The minimum Gasteiger partial charge on any atom is -0.444 e. The molecule has 2 amide bonds. The first-order valence-electron chi connectivity index (χ1n) is 6.01. The maximum absolute atomic E-state index is 11.8. The van der Waals surface area contributed by atoms with Crippen molar-refractivity contribution in [2.45, 2.75) is 26.4 Å². The van der Waals surface area contributed by atoms with Crippen LogP contribution in [0.1, 0.15) is 31.1 Å². The molecule has 0 aliphatic carbocycles. The Balaban J connectivity index is 2.66. The topological polar surface area (TPSA) is 58.6 Å². The second kappa shape index (κ2) is 5.73. The molecule has 0 bridgehead atoms. The number of benzene rings is 1. The fraction of sp³-hybridized carbons (Fsp3) is 0.429. The van der Waals surface area contributed by atoms with E-state index in [-0.39, 0.29) is 0 Å². The summed E-state index contributed by atoms with van der Waals surface area (Å²) in [4.78, 5) is 25.2. The zero-order valence-electron chi connectivity index (χ0n) is 12.0. The number of rotatable bonds is 2. The van der Waals surface area contributed by atoms with Gasteiger partial charge in [-0.05, 0) is 45.0 Å². The van der Waals surface area contributed by atoms with Crippen molar-refractivity contribution in [2.24, 2.45) is 0 Å². The molecule has 0 heterocycles. The van der Waals surface area contributed by atoms with Crippen LogP contribution in [-0.4, -0.2) is 31.7 Å². The lowest BCUT2D eigenvalue weighted by molar-refractivity contribution is 0.0508. The molecule has 19 heavy (non-hydrogen) atoms. The highest BCUT2D eigenvalue weighted by Gasteiger charge is 2.18. The van der Waals surface area contributed by atoms with Crippen LogP contribution in [0.2, 0.25) is 0 Å². The molecular weight excluding hydrogens is 244 g/mol. The third-order valence-corrected chi connectivity index (χ3v) is 2.26. The van der Waals surface area contributed by atoms with Gasteiger partial charge in [0.2, 0.25) is 0 Å². The minimum atomic E-state index is -0.741. The molecule has 0 spiro atoms. The van der Waals surface area contributed by atoms with Crippen LogP contribution >= 0.6 is 0 Å². The van der Waals surface area contributed by atoms with Crippen molar-refractivity contribution in [2.75, 3.05) is 19.0 Å². The molecule has 1 rings (SSSR count). The third kappa shape index (κ3) is 4.99. The van der Waals surface area contributed by atoms with E-state index in [1.165, 1.54) is 0 Å². The molecule has 0 saturated carbocycles. The molecule has 104 valence electrons. The summed E-state index contributed by atoms with van der Waals surface area (Å²) in [6, 6.07) is 6.94. The molecule has 0 radical (unpaired) electrons. The zero-order chi connectivity index (χ0) is 14.6. The maximum atomic E-state index is 11.8. The molecular formula is C14H20N2O3. The van der Waals surface area contributed by atoms with Crippen LogP contribution in [0.3, 0.4) is 0 Å². The summed E-state index contributed by atoms with van der Waals surface area (Å²) in [5.74, 6) is -0.473. The van der Waals surface area contributed by atoms with Crippen LogP contribution in [0.15, 0.2) is 24.3 Å². The van der Waals surface area contributed by atoms with Crippen molar-refractivity contribution in [3.63, 3.8) is 0 Å². The van der Waals surface area contributed by atoms with Crippen molar-refractivity contribution >= 4 is 17.7 Å². The first kappa shape index (κ1) is 15.0. The fourth-order valence-corrected chi connectivity index (χ4v) is 1.38. The number of amides is 2. The molecule has 0 aromatic heterocycles. The van der Waals surface area contributed by atoms with Gasteiger partial charge in [-0.15, -0.1) is 0 Å². The number of carbonyl (C=O) groups is 2. The quantitative estimate of drug-likeness (QED) is 0.891. The van der Waals surface area contributed by atoms with E-state index in [1.54, 1.807) is 32.9 Å². The Kier molecular flexibility index (Phi) is 4.53. The van der Waals surface area contributed by atoms with Crippen molar-refractivity contribution in [3.8, 4) is 0 Å². The van der Waals surface area contributed by atoms with Gasteiger partial charge in [0.25, 0.3) is 5.91 Å². The van der Waals surface area contributed by atoms with Crippen molar-refractivity contribution in [1.29, 1.82) is 0 Å². The number of nitrogens with zero attached hydrogens (tertiary/aromatic N) is 1. The molecule has 5 heteroatoms. The Hall–Kier alpha value is -2.04. The predicted octanol–water partition coefficient (Wildman–Crippen LogP) is 2.42. The summed E-state index contributed by atoms with van der Waals surface area (Å²) < 4.78 is 5.01. The summed E-state index contributed by atoms with van der Waals surface area (Å²) in [6.45, 7) is 5.22. The van der Waals surface area contributed by atoms with E-state index in [4.69, 9.17) is 4.74 Å². The molecule has 5 nitrogen and oxygen atoms in total. The normalized spacial score (nSPS) is 10.8. The molecule has 0 atom stereocenters. The Morgan fingerprint density at radius 3 is 2.05 bits per heavy atom. The SMILES string of the molecule is CN(C)c1ccc(C(=O)NC(=O)OC(C)(C)C)cc1. The monoisotopic (exact) mass is 264 g/mol. The van der Waals surface area contributed by atoms with Gasteiger partial charge < -0.3 is 9.64 Å². The Labute approximate surface area is 113 Å². The number of carbonyl (C=O) groups excluding carboxylic acids is 2. The smallest absolute Gasteiger partial charge is 0.414 e. The van der Waals surface area contributed by atoms with Crippen molar-refractivity contribution in [3.05, 3.63) is 29.8 Å². The number of hydrogen-bond acceptors (Lipinski definition) is 4. The van der Waals surface area contributed by atoms with E-state index in [9.17, 15) is 9.59 Å². The molecule has 0 aliphatic heterocycles. The lowest BCUT2D eigenvalue weighted by Gasteiger charge is -2.19. The summed E-state index contributed by atoms with van der Waals surface area (Å²) in [5.41, 5.74) is 0.768. The van der Waals surface area contributed by atoms with Crippen LogP contribution in [0, 0.1) is 0 Å². The number of hydrogen-bond donors (Lipinski definition) is 1. The number of nitrogens with one attached hydrogen (secondary N) is 1. The van der Waals surface area contributed by atoms with E-state index in [0.29, 0.717) is 5.56 Å². The van der Waals surface area contributed by atoms with Gasteiger partial charge in [-0.2, -0.15) is 0 Å². The third-order valence-electron chi connectivity index (χ3n) is 2.26. The Morgan fingerprint density at radius 2 is 1.63 bits per heavy atom. The van der Waals surface area contributed by atoms with Crippen LogP contribution in [0.4, 0.5) is 10.5 Å². The largest absolute Gasteiger partial charge is 0.444 e. The van der Waals surface area contributed by atoms with Gasteiger partial charge in [0, 0.05) is 25.3 Å². The predicted molar refractivity (Wildman–Crippen MR) is 74.5 cm³/mol. The van der Waals surface area contributed by atoms with Gasteiger partial charge in [0.05, 0.1) is 0 Å². The van der Waals surface area contributed by atoms with Gasteiger partial charge in [0.1, 0.15) is 5.60 Å². The first-order chi connectivity index (χ1) is 8.69. The fourth-order valence-electron chi connectivity index (χ4n) is 1.38. The van der Waals surface area contributed by atoms with Gasteiger partial charge in [0.15, 0.2) is 0 Å². The minimum absolute atomic E-state index is 0.413. The van der Waals surface area contributed by atoms with E-state index in [0.717, 1.165) is 5.69 Å². The van der Waals surface area contributed by atoms with Crippen LogP contribution in [0.25, 0.3) is 0 Å². The molecule has 0 saturated heterocycles. The molecule has 0 unspecified atom stereocenters. The van der Waals surface area contributed by atoms with E-state index >= 15 is 0 Å². The van der Waals surface area contributed by atoms with E-state index in [1.807, 2.05) is 31.1 Å². The Bertz CT molecular complexity index is 459. The number of imide groups is 1. The average Bonchev–Trinajstić information content (AvgIpc) is 2.26. The number of ether oxygens (including phenoxy) is 1. The molecule has 0 aliphatic rings. The van der Waals surface area contributed by atoms with Gasteiger partial charge >= 0.3 is 6.09 Å². The van der Waals surface area contributed by atoms with Crippen LogP contribution < -0.4 is 10.2 Å². The second-order valence-electron chi connectivity index (χ2n) is 5.40. The second-order valence-corrected chi connectivity index (χ2v) is 5.40. The highest BCUT2D eigenvalue weighted by molar-refractivity contribution is 6.03. The zero-order valence-corrected chi connectivity index (χ0v) is 12.0. The lowest BCUT2D eigenvalue weighted by Crippen LogP contribution is -2.36. The van der Waals surface area contributed by atoms with Gasteiger partial charge in [-0.1, -0.05) is 0 Å². The highest BCUT2D eigenvalue weighted by Crippen LogP contribution is 2.12. The van der Waals surface area contributed by atoms with Crippen molar-refractivity contribution < 1.29 is 14.3 Å². The first-order valence-corrected chi connectivity index (χ1v) is 6.01. The number of anilines is 1. The molecule has 1 aromatic rings. The van der Waals surface area contributed by atoms with Crippen LogP contribution in [-0.2, 0) is 4.74 Å². The van der Waals surface area contributed by atoms with E-state index in [2.05, 4.69) is 5.32 Å². The van der Waals surface area contributed by atoms with Gasteiger partial charge in [-0.25, -0.2) is 4.79 Å². The van der Waals surface area contributed by atoms with E-state index < -0.39 is 17.6 Å². The Morgan fingerprint density at radius 1 is 1.11 bits per heavy atom. The van der Waals surface area contributed by atoms with Gasteiger partial charge in [-0.3, -0.25) is 10.1 Å². The summed E-state index contributed by atoms with van der Waals surface area (Å²) in [6.07, 6.45) is -0.741. The summed E-state index contributed by atoms with van der Waals surface area (Å²) in [7, 11) is 3.82. The van der Waals surface area contributed by atoms with Crippen molar-refractivity contribution in [1.82, 2.24) is 5.32 Å². The average molecular weight is 264 g/mol.